The lowest BCUT2D eigenvalue weighted by atomic mass is 9.90. The second kappa shape index (κ2) is 10.5. The fourth-order valence-corrected chi connectivity index (χ4v) is 3.34. The van der Waals surface area contributed by atoms with Gasteiger partial charge in [-0.25, -0.2) is 4.79 Å². The van der Waals surface area contributed by atoms with E-state index in [0.29, 0.717) is 40.3 Å². The standard InChI is InChI=1S/C21H24Cl2N2O4/c1-4-29-21(28)18(23)12-13-11-14(9-10-17(13)22)24-19(26)15-7-5-6-8-16(15)20(27)25(2)3/h9-12H,4-8H2,1-3H3,(H,24,26). The highest BCUT2D eigenvalue weighted by molar-refractivity contribution is 6.43. The van der Waals surface area contributed by atoms with Gasteiger partial charge in [0.25, 0.3) is 5.91 Å². The maximum atomic E-state index is 12.8. The molecule has 0 saturated heterocycles. The summed E-state index contributed by atoms with van der Waals surface area (Å²) in [6.45, 7) is 1.89. The van der Waals surface area contributed by atoms with Gasteiger partial charge < -0.3 is 15.0 Å². The molecular weight excluding hydrogens is 415 g/mol. The summed E-state index contributed by atoms with van der Waals surface area (Å²) in [6, 6.07) is 4.85. The second-order valence-corrected chi connectivity index (χ2v) is 7.58. The van der Waals surface area contributed by atoms with E-state index in [-0.39, 0.29) is 23.5 Å². The lowest BCUT2D eigenvalue weighted by Gasteiger charge is -2.22. The van der Waals surface area contributed by atoms with Crippen LogP contribution in [0.5, 0.6) is 0 Å². The van der Waals surface area contributed by atoms with Crippen LogP contribution in [0.25, 0.3) is 6.08 Å². The highest BCUT2D eigenvalue weighted by Crippen LogP contribution is 2.28. The number of rotatable bonds is 6. The van der Waals surface area contributed by atoms with Gasteiger partial charge in [-0.1, -0.05) is 23.2 Å². The molecule has 2 rings (SSSR count). The van der Waals surface area contributed by atoms with Crippen LogP contribution in [0.2, 0.25) is 5.02 Å². The van der Waals surface area contributed by atoms with Crippen molar-refractivity contribution in [2.45, 2.75) is 32.6 Å². The number of carbonyl (C=O) groups excluding carboxylic acids is 3. The molecule has 1 aliphatic carbocycles. The van der Waals surface area contributed by atoms with E-state index in [1.165, 1.54) is 11.0 Å². The van der Waals surface area contributed by atoms with Gasteiger partial charge in [0.05, 0.1) is 6.61 Å². The Kier molecular flexibility index (Phi) is 8.29. The number of halogens is 2. The number of benzene rings is 1. The first-order chi connectivity index (χ1) is 13.7. The molecule has 29 heavy (non-hydrogen) atoms. The molecule has 2 amide bonds. The van der Waals surface area contributed by atoms with Crippen molar-refractivity contribution in [3.63, 3.8) is 0 Å². The molecule has 0 radical (unpaired) electrons. The minimum atomic E-state index is -0.654. The van der Waals surface area contributed by atoms with Crippen LogP contribution in [0.1, 0.15) is 38.2 Å². The fraction of sp³-hybridized carbons (Fsp3) is 0.381. The summed E-state index contributed by atoms with van der Waals surface area (Å²) in [7, 11) is 3.34. The van der Waals surface area contributed by atoms with E-state index in [4.69, 9.17) is 27.9 Å². The minimum Gasteiger partial charge on any atom is -0.462 e. The first-order valence-corrected chi connectivity index (χ1v) is 10.1. The van der Waals surface area contributed by atoms with Crippen molar-refractivity contribution in [3.05, 3.63) is 45.0 Å². The number of carbonyl (C=O) groups is 3. The molecule has 0 heterocycles. The summed E-state index contributed by atoms with van der Waals surface area (Å²) < 4.78 is 4.85. The maximum absolute atomic E-state index is 12.8. The predicted octanol–water partition coefficient (Wildman–Crippen LogP) is 4.38. The SMILES string of the molecule is CCOC(=O)C(Cl)=Cc1cc(NC(=O)C2=C(C(=O)N(C)C)CCCC2)ccc1Cl. The summed E-state index contributed by atoms with van der Waals surface area (Å²) in [5, 5.41) is 3.06. The van der Waals surface area contributed by atoms with E-state index in [1.807, 2.05) is 0 Å². The third kappa shape index (κ3) is 6.08. The van der Waals surface area contributed by atoms with Gasteiger partial charge in [0.2, 0.25) is 5.91 Å². The Hall–Kier alpha value is -2.31. The van der Waals surface area contributed by atoms with Crippen LogP contribution in [0.3, 0.4) is 0 Å². The van der Waals surface area contributed by atoms with E-state index in [0.717, 1.165) is 12.8 Å². The van der Waals surface area contributed by atoms with Crippen molar-refractivity contribution < 1.29 is 19.1 Å². The molecule has 0 spiro atoms. The molecule has 0 aromatic heterocycles. The molecule has 0 bridgehead atoms. The summed E-state index contributed by atoms with van der Waals surface area (Å²) >= 11 is 12.2. The minimum absolute atomic E-state index is 0.119. The van der Waals surface area contributed by atoms with Crippen LogP contribution in [-0.4, -0.2) is 43.4 Å². The monoisotopic (exact) mass is 438 g/mol. The maximum Gasteiger partial charge on any atom is 0.349 e. The van der Waals surface area contributed by atoms with Gasteiger partial charge in [-0.15, -0.1) is 0 Å². The quantitative estimate of drug-likeness (QED) is 0.527. The highest BCUT2D eigenvalue weighted by Gasteiger charge is 2.25. The number of anilines is 1. The summed E-state index contributed by atoms with van der Waals surface area (Å²) in [4.78, 5) is 38.4. The third-order valence-corrected chi connectivity index (χ3v) is 5.02. The first kappa shape index (κ1) is 23.0. The molecule has 156 valence electrons. The highest BCUT2D eigenvalue weighted by atomic mass is 35.5. The zero-order chi connectivity index (χ0) is 21.6. The topological polar surface area (TPSA) is 75.7 Å². The number of nitrogens with one attached hydrogen (secondary N) is 1. The molecule has 0 aliphatic heterocycles. The van der Waals surface area contributed by atoms with Gasteiger partial charge in [-0.2, -0.15) is 0 Å². The molecule has 1 aromatic rings. The van der Waals surface area contributed by atoms with Gasteiger partial charge in [0.1, 0.15) is 5.03 Å². The van der Waals surface area contributed by atoms with Crippen LogP contribution in [0.15, 0.2) is 34.4 Å². The normalized spacial score (nSPS) is 14.4. The molecule has 8 heteroatoms. The third-order valence-electron chi connectivity index (χ3n) is 4.41. The Morgan fingerprint density at radius 2 is 1.83 bits per heavy atom. The van der Waals surface area contributed by atoms with Crippen molar-refractivity contribution in [2.75, 3.05) is 26.0 Å². The number of hydrogen-bond acceptors (Lipinski definition) is 4. The van der Waals surface area contributed by atoms with Crippen LogP contribution < -0.4 is 5.32 Å². The Labute approximate surface area is 180 Å². The summed E-state index contributed by atoms with van der Waals surface area (Å²) in [5.74, 6) is -1.11. The number of nitrogens with zero attached hydrogens (tertiary/aromatic N) is 1. The number of hydrogen-bond donors (Lipinski definition) is 1. The first-order valence-electron chi connectivity index (χ1n) is 9.33. The van der Waals surface area contributed by atoms with Crippen molar-refractivity contribution in [3.8, 4) is 0 Å². The zero-order valence-electron chi connectivity index (χ0n) is 16.7. The van der Waals surface area contributed by atoms with Gasteiger partial charge >= 0.3 is 5.97 Å². The molecule has 1 N–H and O–H groups in total. The molecule has 0 saturated carbocycles. The average molecular weight is 439 g/mol. The Balaban J connectivity index is 2.28. The molecule has 1 aliphatic rings. The van der Waals surface area contributed by atoms with Crippen molar-refractivity contribution >= 4 is 52.7 Å². The molecule has 0 fully saturated rings. The lowest BCUT2D eigenvalue weighted by Crippen LogP contribution is -2.28. The number of likely N-dealkylation sites (N-methyl/N-ethyl adjacent to an activating group) is 1. The van der Waals surface area contributed by atoms with Crippen molar-refractivity contribution in [2.24, 2.45) is 0 Å². The average Bonchev–Trinajstić information content (AvgIpc) is 2.69. The predicted molar refractivity (Wildman–Crippen MR) is 115 cm³/mol. The van der Waals surface area contributed by atoms with E-state index >= 15 is 0 Å². The molecule has 0 unspecified atom stereocenters. The van der Waals surface area contributed by atoms with Gasteiger partial charge in [-0.05, 0) is 62.4 Å². The zero-order valence-corrected chi connectivity index (χ0v) is 18.2. The van der Waals surface area contributed by atoms with Crippen LogP contribution in [-0.2, 0) is 19.1 Å². The summed E-state index contributed by atoms with van der Waals surface area (Å²) in [5.41, 5.74) is 2.00. The number of ether oxygens (including phenoxy) is 1. The van der Waals surface area contributed by atoms with Crippen molar-refractivity contribution in [1.29, 1.82) is 0 Å². The summed E-state index contributed by atoms with van der Waals surface area (Å²) in [6.07, 6.45) is 4.27. The van der Waals surface area contributed by atoms with Gasteiger partial charge in [0, 0.05) is 36.0 Å². The van der Waals surface area contributed by atoms with Crippen LogP contribution in [0, 0.1) is 0 Å². The van der Waals surface area contributed by atoms with Crippen LogP contribution in [0.4, 0.5) is 5.69 Å². The van der Waals surface area contributed by atoms with Gasteiger partial charge in [-0.3, -0.25) is 9.59 Å². The number of amides is 2. The van der Waals surface area contributed by atoms with E-state index in [1.54, 1.807) is 39.2 Å². The van der Waals surface area contributed by atoms with Crippen molar-refractivity contribution in [1.82, 2.24) is 4.90 Å². The molecule has 1 aromatic carbocycles. The van der Waals surface area contributed by atoms with Crippen LogP contribution >= 0.6 is 23.2 Å². The smallest absolute Gasteiger partial charge is 0.349 e. The molecule has 0 atom stereocenters. The Bertz CT molecular complexity index is 875. The second-order valence-electron chi connectivity index (χ2n) is 6.77. The van der Waals surface area contributed by atoms with E-state index in [2.05, 4.69) is 5.32 Å². The largest absolute Gasteiger partial charge is 0.462 e. The van der Waals surface area contributed by atoms with E-state index in [9.17, 15) is 14.4 Å². The van der Waals surface area contributed by atoms with Gasteiger partial charge in [0.15, 0.2) is 0 Å². The lowest BCUT2D eigenvalue weighted by molar-refractivity contribution is -0.137. The Morgan fingerprint density at radius 3 is 2.45 bits per heavy atom. The number of esters is 1. The molecular formula is C21H24Cl2N2O4. The Morgan fingerprint density at radius 1 is 1.17 bits per heavy atom. The molecule has 6 nitrogen and oxygen atoms in total. The van der Waals surface area contributed by atoms with E-state index < -0.39 is 5.97 Å². The fourth-order valence-electron chi connectivity index (χ4n) is 3.00.